The van der Waals surface area contributed by atoms with E-state index in [1.54, 1.807) is 6.33 Å². The quantitative estimate of drug-likeness (QED) is 0.933. The highest BCUT2D eigenvalue weighted by Crippen LogP contribution is 2.33. The maximum absolute atomic E-state index is 4.64. The summed E-state index contributed by atoms with van der Waals surface area (Å²) in [7, 11) is 0. The number of hydrogen-bond donors (Lipinski definition) is 1. The minimum Gasteiger partial charge on any atom is -0.307 e. The van der Waals surface area contributed by atoms with Crippen LogP contribution in [0.4, 0.5) is 0 Å². The monoisotopic (exact) mass is 327 g/mol. The summed E-state index contributed by atoms with van der Waals surface area (Å²) < 4.78 is 2.02. The highest BCUT2D eigenvalue weighted by molar-refractivity contribution is 5.22. The summed E-state index contributed by atoms with van der Waals surface area (Å²) in [6.07, 6.45) is 8.46. The molecule has 2 aromatic rings. The third kappa shape index (κ3) is 3.83. The van der Waals surface area contributed by atoms with Crippen LogP contribution in [0.15, 0.2) is 24.7 Å². The third-order valence-corrected chi connectivity index (χ3v) is 4.91. The second-order valence-electron chi connectivity index (χ2n) is 7.91. The first-order chi connectivity index (χ1) is 11.4. The maximum Gasteiger partial charge on any atom is 0.141 e. The van der Waals surface area contributed by atoms with Crippen molar-refractivity contribution < 1.29 is 0 Å². The zero-order valence-electron chi connectivity index (χ0n) is 15.3. The van der Waals surface area contributed by atoms with E-state index in [-0.39, 0.29) is 5.54 Å². The smallest absolute Gasteiger partial charge is 0.141 e. The minimum atomic E-state index is -0.0340. The summed E-state index contributed by atoms with van der Waals surface area (Å²) in [6, 6.07) is 4.72. The molecule has 1 aliphatic rings. The molecule has 2 heterocycles. The van der Waals surface area contributed by atoms with E-state index < -0.39 is 0 Å². The maximum atomic E-state index is 4.64. The number of nitrogens with one attached hydrogen (secondary N) is 1. The average molecular weight is 327 g/mol. The van der Waals surface area contributed by atoms with Crippen molar-refractivity contribution in [1.29, 1.82) is 0 Å². The van der Waals surface area contributed by atoms with Gasteiger partial charge in [-0.1, -0.05) is 12.5 Å². The fourth-order valence-electron chi connectivity index (χ4n) is 3.73. The predicted octanol–water partition coefficient (Wildman–Crippen LogP) is 3.55. The van der Waals surface area contributed by atoms with Gasteiger partial charge in [0.1, 0.15) is 12.2 Å². The van der Waals surface area contributed by atoms with Crippen molar-refractivity contribution in [2.45, 2.75) is 77.4 Å². The van der Waals surface area contributed by atoms with Crippen LogP contribution < -0.4 is 5.32 Å². The SMILES string of the molecule is Cc1cccnc1C1CCCC(NCc2ncnn2C(C)(C)C)C1. The van der Waals surface area contributed by atoms with E-state index in [0.717, 1.165) is 18.8 Å². The molecule has 1 saturated carbocycles. The molecule has 0 bridgehead atoms. The second-order valence-corrected chi connectivity index (χ2v) is 7.91. The Balaban J connectivity index is 1.63. The average Bonchev–Trinajstić information content (AvgIpc) is 3.02. The molecule has 3 rings (SSSR count). The van der Waals surface area contributed by atoms with Crippen molar-refractivity contribution in [1.82, 2.24) is 25.1 Å². The first kappa shape index (κ1) is 17.1. The van der Waals surface area contributed by atoms with Crippen LogP contribution >= 0.6 is 0 Å². The highest BCUT2D eigenvalue weighted by Gasteiger charge is 2.26. The Bertz CT molecular complexity index is 670. The van der Waals surface area contributed by atoms with Crippen LogP contribution in [0.1, 0.15) is 69.5 Å². The van der Waals surface area contributed by atoms with E-state index in [9.17, 15) is 0 Å². The molecular formula is C19H29N5. The van der Waals surface area contributed by atoms with E-state index in [1.165, 1.54) is 30.5 Å². The minimum absolute atomic E-state index is 0.0340. The van der Waals surface area contributed by atoms with Crippen LogP contribution in [-0.2, 0) is 12.1 Å². The van der Waals surface area contributed by atoms with Gasteiger partial charge in [-0.25, -0.2) is 9.67 Å². The van der Waals surface area contributed by atoms with Crippen LogP contribution in [0.3, 0.4) is 0 Å². The van der Waals surface area contributed by atoms with Gasteiger partial charge < -0.3 is 5.32 Å². The summed E-state index contributed by atoms with van der Waals surface area (Å²) in [5, 5.41) is 8.09. The fourth-order valence-corrected chi connectivity index (χ4v) is 3.73. The van der Waals surface area contributed by atoms with E-state index in [4.69, 9.17) is 0 Å². The Morgan fingerprint density at radius 3 is 2.83 bits per heavy atom. The third-order valence-electron chi connectivity index (χ3n) is 4.91. The molecule has 0 amide bonds. The van der Waals surface area contributed by atoms with E-state index in [2.05, 4.69) is 54.1 Å². The standard InChI is InChI=1S/C19H29N5/c1-14-7-6-10-20-18(14)15-8-5-9-16(11-15)21-12-17-22-13-23-24(17)19(2,3)4/h6-7,10,13,15-16,21H,5,8-9,11-12H2,1-4H3. The van der Waals surface area contributed by atoms with Gasteiger partial charge >= 0.3 is 0 Å². The van der Waals surface area contributed by atoms with Crippen LogP contribution in [0.25, 0.3) is 0 Å². The van der Waals surface area contributed by atoms with Crippen LogP contribution in [0.5, 0.6) is 0 Å². The van der Waals surface area contributed by atoms with Gasteiger partial charge in [0.15, 0.2) is 0 Å². The van der Waals surface area contributed by atoms with Gasteiger partial charge in [0.05, 0.1) is 12.1 Å². The lowest BCUT2D eigenvalue weighted by molar-refractivity contribution is 0.310. The van der Waals surface area contributed by atoms with E-state index in [0.29, 0.717) is 12.0 Å². The van der Waals surface area contributed by atoms with Gasteiger partial charge in [-0.15, -0.1) is 0 Å². The molecule has 0 saturated heterocycles. The topological polar surface area (TPSA) is 55.6 Å². The number of aromatic nitrogens is 4. The Morgan fingerprint density at radius 1 is 1.25 bits per heavy atom. The van der Waals surface area contributed by atoms with Crippen molar-refractivity contribution in [3.63, 3.8) is 0 Å². The number of hydrogen-bond acceptors (Lipinski definition) is 4. The van der Waals surface area contributed by atoms with E-state index >= 15 is 0 Å². The van der Waals surface area contributed by atoms with Crippen LogP contribution in [0, 0.1) is 6.92 Å². The van der Waals surface area contributed by atoms with Crippen molar-refractivity contribution in [2.75, 3.05) is 0 Å². The Morgan fingerprint density at radius 2 is 2.08 bits per heavy atom. The number of pyridine rings is 1. The van der Waals surface area contributed by atoms with Crippen molar-refractivity contribution in [3.8, 4) is 0 Å². The summed E-state index contributed by atoms with van der Waals surface area (Å²) in [6.45, 7) is 9.42. The van der Waals surface area contributed by atoms with Gasteiger partial charge in [-0.3, -0.25) is 4.98 Å². The lowest BCUT2D eigenvalue weighted by Gasteiger charge is -2.30. The molecule has 130 valence electrons. The predicted molar refractivity (Wildman–Crippen MR) is 95.8 cm³/mol. The summed E-state index contributed by atoms with van der Waals surface area (Å²) >= 11 is 0. The van der Waals surface area contributed by atoms with Crippen LogP contribution in [0.2, 0.25) is 0 Å². The number of nitrogens with zero attached hydrogens (tertiary/aromatic N) is 4. The molecule has 1 fully saturated rings. The molecule has 2 unspecified atom stereocenters. The summed E-state index contributed by atoms with van der Waals surface area (Å²) in [5.41, 5.74) is 2.56. The Kier molecular flexibility index (Phi) is 4.99. The van der Waals surface area contributed by atoms with Gasteiger partial charge in [0, 0.05) is 23.9 Å². The molecule has 5 nitrogen and oxygen atoms in total. The first-order valence-corrected chi connectivity index (χ1v) is 8.99. The van der Waals surface area contributed by atoms with Gasteiger partial charge in [-0.05, 0) is 58.6 Å². The lowest BCUT2D eigenvalue weighted by Crippen LogP contribution is -2.35. The molecule has 2 aromatic heterocycles. The zero-order valence-corrected chi connectivity index (χ0v) is 15.3. The molecule has 0 spiro atoms. The zero-order chi connectivity index (χ0) is 17.2. The first-order valence-electron chi connectivity index (χ1n) is 8.99. The van der Waals surface area contributed by atoms with Crippen LogP contribution in [-0.4, -0.2) is 25.8 Å². The molecule has 0 radical (unpaired) electrons. The van der Waals surface area contributed by atoms with Gasteiger partial charge in [0.2, 0.25) is 0 Å². The lowest BCUT2D eigenvalue weighted by atomic mass is 9.82. The van der Waals surface area contributed by atoms with E-state index in [1.807, 2.05) is 16.9 Å². The summed E-state index contributed by atoms with van der Waals surface area (Å²) in [4.78, 5) is 9.07. The van der Waals surface area contributed by atoms with Gasteiger partial charge in [0.25, 0.3) is 0 Å². The van der Waals surface area contributed by atoms with Crippen molar-refractivity contribution in [3.05, 3.63) is 41.7 Å². The largest absolute Gasteiger partial charge is 0.307 e. The number of aryl methyl sites for hydroxylation is 1. The molecule has 24 heavy (non-hydrogen) atoms. The normalized spacial score (nSPS) is 21.8. The van der Waals surface area contributed by atoms with Gasteiger partial charge in [-0.2, -0.15) is 5.10 Å². The summed E-state index contributed by atoms with van der Waals surface area (Å²) in [5.74, 6) is 1.58. The molecule has 5 heteroatoms. The molecule has 1 N–H and O–H groups in total. The molecule has 0 aromatic carbocycles. The Hall–Kier alpha value is -1.75. The molecule has 2 atom stereocenters. The highest BCUT2D eigenvalue weighted by atomic mass is 15.4. The van der Waals surface area contributed by atoms with Crippen molar-refractivity contribution >= 4 is 0 Å². The number of rotatable bonds is 4. The fraction of sp³-hybridized carbons (Fsp3) is 0.632. The Labute approximate surface area is 144 Å². The molecule has 1 aliphatic carbocycles. The van der Waals surface area contributed by atoms with Crippen molar-refractivity contribution in [2.24, 2.45) is 0 Å². The second kappa shape index (κ2) is 7.01. The molecule has 0 aliphatic heterocycles. The molecular weight excluding hydrogens is 298 g/mol.